The van der Waals surface area contributed by atoms with E-state index in [9.17, 15) is 9.90 Å². The number of carbonyl (C=O) groups is 1. The molecular formula is C22H24N2O4. The summed E-state index contributed by atoms with van der Waals surface area (Å²) in [7, 11) is 3.42. The minimum atomic E-state index is -0.392. The van der Waals surface area contributed by atoms with Gasteiger partial charge in [-0.15, -0.1) is 0 Å². The molecule has 0 amide bonds. The third-order valence-corrected chi connectivity index (χ3v) is 5.71. The molecule has 0 spiro atoms. The number of hydrogen-bond donors (Lipinski definition) is 1. The molecule has 4 rings (SSSR count). The van der Waals surface area contributed by atoms with Gasteiger partial charge in [-0.25, -0.2) is 4.79 Å². The highest BCUT2D eigenvalue weighted by Gasteiger charge is 2.34. The van der Waals surface area contributed by atoms with Crippen molar-refractivity contribution in [3.8, 4) is 0 Å². The monoisotopic (exact) mass is 380 g/mol. The number of benzene rings is 1. The number of aliphatic hydroxyl groups excluding tert-OH is 1. The molecule has 3 heterocycles. The average Bonchev–Trinajstić information content (AvgIpc) is 3.02. The quantitative estimate of drug-likeness (QED) is 0.689. The Balaban J connectivity index is 1.82. The molecule has 0 bridgehead atoms. The number of esters is 1. The van der Waals surface area contributed by atoms with E-state index in [0.717, 1.165) is 22.1 Å². The lowest BCUT2D eigenvalue weighted by Gasteiger charge is -2.31. The molecule has 2 unspecified atom stereocenters. The first-order valence-electron chi connectivity index (χ1n) is 9.47. The van der Waals surface area contributed by atoms with Crippen molar-refractivity contribution in [1.29, 1.82) is 0 Å². The summed E-state index contributed by atoms with van der Waals surface area (Å²) in [5, 5.41) is 11.8. The number of para-hydroxylation sites is 1. The molecule has 6 nitrogen and oxygen atoms in total. The second kappa shape index (κ2) is 7.64. The lowest BCUT2D eigenvalue weighted by atomic mass is 9.80. The second-order valence-electron chi connectivity index (χ2n) is 7.21. The molecule has 0 radical (unpaired) electrons. The van der Waals surface area contributed by atoms with Crippen LogP contribution in [-0.2, 0) is 27.7 Å². The Morgan fingerprint density at radius 3 is 2.93 bits per heavy atom. The van der Waals surface area contributed by atoms with Gasteiger partial charge in [-0.05, 0) is 25.0 Å². The van der Waals surface area contributed by atoms with Gasteiger partial charge in [0.25, 0.3) is 0 Å². The first-order chi connectivity index (χ1) is 13.7. The number of fused-ring (bicyclic) bond motifs is 3. The van der Waals surface area contributed by atoms with E-state index in [4.69, 9.17) is 9.47 Å². The molecule has 1 aliphatic rings. The molecule has 1 N–H and O–H groups in total. The van der Waals surface area contributed by atoms with Crippen LogP contribution in [0.5, 0.6) is 0 Å². The summed E-state index contributed by atoms with van der Waals surface area (Å²) >= 11 is 0. The van der Waals surface area contributed by atoms with Gasteiger partial charge in [-0.1, -0.05) is 18.2 Å². The Hall–Kier alpha value is -2.86. The van der Waals surface area contributed by atoms with Crippen LogP contribution in [0.1, 0.15) is 12.1 Å². The van der Waals surface area contributed by atoms with Crippen LogP contribution in [0.2, 0.25) is 0 Å². The zero-order valence-electron chi connectivity index (χ0n) is 16.1. The minimum absolute atomic E-state index is 0.0239. The van der Waals surface area contributed by atoms with Crippen molar-refractivity contribution >= 4 is 27.8 Å². The van der Waals surface area contributed by atoms with Crippen molar-refractivity contribution in [3.63, 3.8) is 0 Å². The fourth-order valence-electron chi connectivity index (χ4n) is 4.32. The Morgan fingerprint density at radius 2 is 2.14 bits per heavy atom. The summed E-state index contributed by atoms with van der Waals surface area (Å²) in [6.07, 6.45) is 4.47. The third-order valence-electron chi connectivity index (χ3n) is 5.71. The van der Waals surface area contributed by atoms with E-state index in [1.807, 2.05) is 31.4 Å². The van der Waals surface area contributed by atoms with Gasteiger partial charge in [-0.3, -0.25) is 4.98 Å². The summed E-state index contributed by atoms with van der Waals surface area (Å²) in [5.74, 6) is -0.489. The molecule has 28 heavy (non-hydrogen) atoms. The van der Waals surface area contributed by atoms with Gasteiger partial charge in [0.2, 0.25) is 0 Å². The maximum Gasteiger partial charge on any atom is 0.337 e. The van der Waals surface area contributed by atoms with Crippen LogP contribution >= 0.6 is 0 Å². The number of aliphatic hydroxyl groups is 1. The lowest BCUT2D eigenvalue weighted by Crippen LogP contribution is -2.32. The summed E-state index contributed by atoms with van der Waals surface area (Å²) in [4.78, 5) is 17.0. The van der Waals surface area contributed by atoms with Crippen molar-refractivity contribution in [1.82, 2.24) is 9.55 Å². The number of rotatable bonds is 5. The van der Waals surface area contributed by atoms with E-state index in [2.05, 4.69) is 21.7 Å². The van der Waals surface area contributed by atoms with Gasteiger partial charge in [0.05, 0.1) is 36.8 Å². The van der Waals surface area contributed by atoms with Crippen LogP contribution < -0.4 is 0 Å². The average molecular weight is 380 g/mol. The first-order valence-corrected chi connectivity index (χ1v) is 9.47. The molecule has 0 aliphatic carbocycles. The summed E-state index contributed by atoms with van der Waals surface area (Å²) < 4.78 is 12.6. The van der Waals surface area contributed by atoms with Crippen molar-refractivity contribution in [2.75, 3.05) is 20.3 Å². The SMILES string of the molecule is COC(=O)C1=COCC(CCO)C1Cc1nccc2c3ccccc3n(C)c12. The van der Waals surface area contributed by atoms with Gasteiger partial charge < -0.3 is 19.1 Å². The van der Waals surface area contributed by atoms with E-state index in [1.54, 1.807) is 0 Å². The number of aromatic nitrogens is 2. The number of ether oxygens (including phenoxy) is 2. The van der Waals surface area contributed by atoms with Gasteiger partial charge in [0, 0.05) is 48.0 Å². The van der Waals surface area contributed by atoms with Crippen LogP contribution in [0.4, 0.5) is 0 Å². The number of methoxy groups -OCH3 is 1. The molecule has 3 aromatic rings. The summed E-state index contributed by atoms with van der Waals surface area (Å²) in [6, 6.07) is 10.3. The molecule has 1 aliphatic heterocycles. The van der Waals surface area contributed by atoms with Crippen LogP contribution in [0.15, 0.2) is 48.4 Å². The van der Waals surface area contributed by atoms with E-state index in [0.29, 0.717) is 25.0 Å². The highest BCUT2D eigenvalue weighted by molar-refractivity contribution is 6.08. The normalized spacial score (nSPS) is 19.5. The van der Waals surface area contributed by atoms with E-state index < -0.39 is 5.97 Å². The molecule has 1 aromatic carbocycles. The molecule has 2 aromatic heterocycles. The first kappa shape index (κ1) is 18.5. The van der Waals surface area contributed by atoms with Crippen LogP contribution in [0.25, 0.3) is 21.8 Å². The van der Waals surface area contributed by atoms with E-state index in [1.165, 1.54) is 18.8 Å². The van der Waals surface area contributed by atoms with E-state index >= 15 is 0 Å². The molecular weight excluding hydrogens is 356 g/mol. The smallest absolute Gasteiger partial charge is 0.337 e. The highest BCUT2D eigenvalue weighted by atomic mass is 16.5. The molecule has 0 saturated carbocycles. The molecule has 2 atom stereocenters. The Morgan fingerprint density at radius 1 is 1.32 bits per heavy atom. The molecule has 0 fully saturated rings. The van der Waals surface area contributed by atoms with E-state index in [-0.39, 0.29) is 18.4 Å². The largest absolute Gasteiger partial charge is 0.500 e. The summed E-state index contributed by atoms with van der Waals surface area (Å²) in [6.45, 7) is 0.515. The predicted octanol–water partition coefficient (Wildman–Crippen LogP) is 2.97. The molecule has 6 heteroatoms. The van der Waals surface area contributed by atoms with Crippen LogP contribution in [0.3, 0.4) is 0 Å². The number of carbonyl (C=O) groups excluding carboxylic acids is 1. The zero-order chi connectivity index (χ0) is 19.7. The Bertz CT molecular complexity index is 1050. The maximum absolute atomic E-state index is 12.3. The maximum atomic E-state index is 12.3. The predicted molar refractivity (Wildman–Crippen MR) is 107 cm³/mol. The fraction of sp³-hybridized carbons (Fsp3) is 0.364. The number of hydrogen-bond acceptors (Lipinski definition) is 5. The number of nitrogens with zero attached hydrogens (tertiary/aromatic N) is 2. The topological polar surface area (TPSA) is 73.6 Å². The minimum Gasteiger partial charge on any atom is -0.500 e. The summed E-state index contributed by atoms with van der Waals surface area (Å²) in [5.41, 5.74) is 3.65. The fourth-order valence-corrected chi connectivity index (χ4v) is 4.32. The van der Waals surface area contributed by atoms with Gasteiger partial charge in [-0.2, -0.15) is 0 Å². The van der Waals surface area contributed by atoms with Crippen molar-refractivity contribution in [2.24, 2.45) is 18.9 Å². The second-order valence-corrected chi connectivity index (χ2v) is 7.21. The zero-order valence-corrected chi connectivity index (χ0v) is 16.1. The third kappa shape index (κ3) is 3.03. The molecule has 146 valence electrons. The van der Waals surface area contributed by atoms with Gasteiger partial charge in [0.1, 0.15) is 0 Å². The van der Waals surface area contributed by atoms with Crippen LogP contribution in [-0.4, -0.2) is 41.0 Å². The number of pyridine rings is 1. The Labute approximate surface area is 163 Å². The van der Waals surface area contributed by atoms with Gasteiger partial charge >= 0.3 is 5.97 Å². The Kier molecular flexibility index (Phi) is 5.05. The standard InChI is InChI=1S/C22H24N2O4/c1-24-20-6-4-3-5-15(20)16-7-9-23-19(21(16)24)11-17-14(8-10-25)12-28-13-18(17)22(26)27-2/h3-7,9,13-14,17,25H,8,10-12H2,1-2H3. The lowest BCUT2D eigenvalue weighted by molar-refractivity contribution is -0.137. The van der Waals surface area contributed by atoms with Crippen LogP contribution in [0, 0.1) is 11.8 Å². The molecule has 0 saturated heterocycles. The van der Waals surface area contributed by atoms with Crippen molar-refractivity contribution < 1.29 is 19.4 Å². The highest BCUT2D eigenvalue weighted by Crippen LogP contribution is 2.35. The van der Waals surface area contributed by atoms with Crippen molar-refractivity contribution in [3.05, 3.63) is 54.1 Å². The number of aryl methyl sites for hydroxylation is 1. The van der Waals surface area contributed by atoms with Gasteiger partial charge in [0.15, 0.2) is 0 Å². The van der Waals surface area contributed by atoms with Crippen molar-refractivity contribution in [2.45, 2.75) is 12.8 Å².